The Morgan fingerprint density at radius 3 is 2.95 bits per heavy atom. The molecule has 0 spiro atoms. The van der Waals surface area contributed by atoms with E-state index in [1.165, 1.54) is 0 Å². The summed E-state index contributed by atoms with van der Waals surface area (Å²) < 4.78 is 1.96. The molecule has 1 N–H and O–H groups in total. The van der Waals surface area contributed by atoms with Crippen molar-refractivity contribution in [3.8, 4) is 6.07 Å². The first-order chi connectivity index (χ1) is 10.1. The fourth-order valence-electron chi connectivity index (χ4n) is 2.92. The van der Waals surface area contributed by atoms with E-state index in [0.717, 1.165) is 24.2 Å². The number of pyridine rings is 1. The number of likely N-dealkylation sites (tertiary alicyclic amines) is 1. The molecule has 0 aromatic carbocycles. The van der Waals surface area contributed by atoms with Crippen molar-refractivity contribution in [1.29, 1.82) is 5.26 Å². The quantitative estimate of drug-likeness (QED) is 0.931. The van der Waals surface area contributed by atoms with Crippen LogP contribution in [0.4, 0.5) is 0 Å². The second-order valence-corrected chi connectivity index (χ2v) is 5.72. The second kappa shape index (κ2) is 5.23. The van der Waals surface area contributed by atoms with Crippen molar-refractivity contribution in [3.05, 3.63) is 41.7 Å². The lowest BCUT2D eigenvalue weighted by atomic mass is 9.87. The number of nitriles is 1. The summed E-state index contributed by atoms with van der Waals surface area (Å²) in [6.45, 7) is 4.03. The van der Waals surface area contributed by atoms with Crippen LogP contribution >= 0.6 is 0 Å². The summed E-state index contributed by atoms with van der Waals surface area (Å²) in [5.41, 5.74) is 2.64. The number of carboxylic acid groups (broad SMARTS) is 1. The highest BCUT2D eigenvalue weighted by Crippen LogP contribution is 2.27. The predicted octanol–water partition coefficient (Wildman–Crippen LogP) is 1.96. The van der Waals surface area contributed by atoms with E-state index in [0.29, 0.717) is 12.1 Å². The minimum absolute atomic E-state index is 0.213. The molecule has 5 heteroatoms. The average molecular weight is 283 g/mol. The van der Waals surface area contributed by atoms with Crippen molar-refractivity contribution in [1.82, 2.24) is 9.30 Å². The summed E-state index contributed by atoms with van der Waals surface area (Å²) in [4.78, 5) is 13.1. The Morgan fingerprint density at radius 2 is 2.29 bits per heavy atom. The van der Waals surface area contributed by atoms with Crippen molar-refractivity contribution >= 4 is 11.5 Å². The minimum atomic E-state index is -0.730. The molecular formula is C16H17N3O2. The summed E-state index contributed by atoms with van der Waals surface area (Å²) >= 11 is 0. The first-order valence-corrected chi connectivity index (χ1v) is 7.04. The summed E-state index contributed by atoms with van der Waals surface area (Å²) in [6.07, 6.45) is 3.92. The topological polar surface area (TPSA) is 68.7 Å². The Bertz CT molecular complexity index is 723. The van der Waals surface area contributed by atoms with Gasteiger partial charge in [-0.2, -0.15) is 5.26 Å². The van der Waals surface area contributed by atoms with Gasteiger partial charge in [0.2, 0.25) is 0 Å². The normalized spacial score (nSPS) is 17.3. The van der Waals surface area contributed by atoms with Gasteiger partial charge in [-0.05, 0) is 18.1 Å². The van der Waals surface area contributed by atoms with Crippen LogP contribution in [-0.4, -0.2) is 33.5 Å². The van der Waals surface area contributed by atoms with E-state index in [-0.39, 0.29) is 11.8 Å². The highest BCUT2D eigenvalue weighted by Gasteiger charge is 2.34. The zero-order valence-electron chi connectivity index (χ0n) is 11.9. The molecule has 108 valence electrons. The number of fused-ring (bicyclic) bond motifs is 1. The fourth-order valence-corrected chi connectivity index (χ4v) is 2.92. The minimum Gasteiger partial charge on any atom is -0.481 e. The first kappa shape index (κ1) is 13.7. The van der Waals surface area contributed by atoms with Gasteiger partial charge in [0, 0.05) is 37.6 Å². The Hall–Kier alpha value is -2.32. The van der Waals surface area contributed by atoms with Crippen molar-refractivity contribution in [3.63, 3.8) is 0 Å². The third kappa shape index (κ3) is 2.39. The molecule has 1 saturated heterocycles. The molecule has 21 heavy (non-hydrogen) atoms. The lowest BCUT2D eigenvalue weighted by Crippen LogP contribution is -2.50. The smallest absolute Gasteiger partial charge is 0.306 e. The van der Waals surface area contributed by atoms with Gasteiger partial charge in [-0.1, -0.05) is 13.0 Å². The Kier molecular flexibility index (Phi) is 3.40. The van der Waals surface area contributed by atoms with Crippen LogP contribution in [-0.2, 0) is 11.3 Å². The SMILES string of the molecule is CC(C(=O)O)C1CN(Cc2cn3ccccc3c2C#N)C1. The van der Waals surface area contributed by atoms with Gasteiger partial charge in [0.1, 0.15) is 6.07 Å². The van der Waals surface area contributed by atoms with Crippen molar-refractivity contribution in [2.75, 3.05) is 13.1 Å². The van der Waals surface area contributed by atoms with Crippen molar-refractivity contribution in [2.24, 2.45) is 11.8 Å². The van der Waals surface area contributed by atoms with E-state index in [2.05, 4.69) is 11.0 Å². The van der Waals surface area contributed by atoms with E-state index in [9.17, 15) is 10.1 Å². The van der Waals surface area contributed by atoms with Crippen LogP contribution in [0, 0.1) is 23.2 Å². The molecule has 0 saturated carbocycles. The maximum Gasteiger partial charge on any atom is 0.306 e. The van der Waals surface area contributed by atoms with Crippen LogP contribution in [0.1, 0.15) is 18.1 Å². The van der Waals surface area contributed by atoms with Gasteiger partial charge in [-0.15, -0.1) is 0 Å². The number of hydrogen-bond acceptors (Lipinski definition) is 3. The molecule has 1 fully saturated rings. The van der Waals surface area contributed by atoms with Crippen molar-refractivity contribution < 1.29 is 9.90 Å². The monoisotopic (exact) mass is 283 g/mol. The highest BCUT2D eigenvalue weighted by atomic mass is 16.4. The van der Waals surface area contributed by atoms with Gasteiger partial charge < -0.3 is 9.51 Å². The van der Waals surface area contributed by atoms with E-state index in [1.54, 1.807) is 6.92 Å². The Morgan fingerprint density at radius 1 is 1.52 bits per heavy atom. The number of hydrogen-bond donors (Lipinski definition) is 1. The maximum absolute atomic E-state index is 11.0. The zero-order valence-corrected chi connectivity index (χ0v) is 11.9. The molecular weight excluding hydrogens is 266 g/mol. The van der Waals surface area contributed by atoms with Crippen LogP contribution in [0.5, 0.6) is 0 Å². The van der Waals surface area contributed by atoms with E-state index >= 15 is 0 Å². The molecule has 1 aliphatic heterocycles. The van der Waals surface area contributed by atoms with E-state index in [4.69, 9.17) is 5.11 Å². The third-order valence-electron chi connectivity index (χ3n) is 4.35. The van der Waals surface area contributed by atoms with Gasteiger partial charge in [-0.25, -0.2) is 0 Å². The standard InChI is InChI=1S/C16H17N3O2/c1-11(16(20)21)12-7-18(8-12)9-13-10-19-5-3-2-4-15(19)14(13)6-17/h2-5,10-12H,7-9H2,1H3,(H,20,21). The molecule has 0 amide bonds. The van der Waals surface area contributed by atoms with Gasteiger partial charge in [0.15, 0.2) is 0 Å². The molecule has 3 rings (SSSR count). The van der Waals surface area contributed by atoms with Crippen LogP contribution in [0.25, 0.3) is 5.52 Å². The molecule has 3 heterocycles. The molecule has 2 aromatic heterocycles. The molecule has 2 aromatic rings. The summed E-state index contributed by atoms with van der Waals surface area (Å²) in [5.74, 6) is -0.818. The van der Waals surface area contributed by atoms with Crippen LogP contribution in [0.3, 0.4) is 0 Å². The summed E-state index contributed by atoms with van der Waals surface area (Å²) in [5, 5.41) is 18.4. The molecule has 0 bridgehead atoms. The van der Waals surface area contributed by atoms with Crippen LogP contribution in [0.15, 0.2) is 30.6 Å². The fraction of sp³-hybridized carbons (Fsp3) is 0.375. The van der Waals surface area contributed by atoms with Gasteiger partial charge in [0.25, 0.3) is 0 Å². The van der Waals surface area contributed by atoms with Crippen LogP contribution in [0.2, 0.25) is 0 Å². The average Bonchev–Trinajstić information content (AvgIpc) is 2.78. The molecule has 1 aliphatic rings. The zero-order chi connectivity index (χ0) is 15.0. The van der Waals surface area contributed by atoms with Crippen molar-refractivity contribution in [2.45, 2.75) is 13.5 Å². The van der Waals surface area contributed by atoms with Gasteiger partial charge in [-0.3, -0.25) is 9.69 Å². The third-order valence-corrected chi connectivity index (χ3v) is 4.35. The first-order valence-electron chi connectivity index (χ1n) is 7.04. The number of carboxylic acids is 1. The molecule has 1 atom stereocenters. The molecule has 0 aliphatic carbocycles. The van der Waals surface area contributed by atoms with Gasteiger partial charge in [0.05, 0.1) is 17.0 Å². The number of carbonyl (C=O) groups is 1. The summed E-state index contributed by atoms with van der Waals surface area (Å²) in [6, 6.07) is 8.08. The van der Waals surface area contributed by atoms with E-state index in [1.807, 2.05) is 35.0 Å². The number of rotatable bonds is 4. The second-order valence-electron chi connectivity index (χ2n) is 5.72. The number of nitrogens with zero attached hydrogens (tertiary/aromatic N) is 3. The predicted molar refractivity (Wildman–Crippen MR) is 77.7 cm³/mol. The van der Waals surface area contributed by atoms with Crippen LogP contribution < -0.4 is 0 Å². The lowest BCUT2D eigenvalue weighted by Gasteiger charge is -2.41. The molecule has 1 unspecified atom stereocenters. The van der Waals surface area contributed by atoms with Gasteiger partial charge >= 0.3 is 5.97 Å². The summed E-state index contributed by atoms with van der Waals surface area (Å²) in [7, 11) is 0. The largest absolute Gasteiger partial charge is 0.481 e. The number of aromatic nitrogens is 1. The molecule has 0 radical (unpaired) electrons. The molecule has 5 nitrogen and oxygen atoms in total. The van der Waals surface area contributed by atoms with E-state index < -0.39 is 5.97 Å². The Labute approximate surface area is 123 Å². The lowest BCUT2D eigenvalue weighted by molar-refractivity contribution is -0.145. The number of aliphatic carboxylic acids is 1. The highest BCUT2D eigenvalue weighted by molar-refractivity contribution is 5.70. The Balaban J connectivity index is 1.73. The maximum atomic E-state index is 11.0.